The normalized spacial score (nSPS) is 24.1. The second-order valence-corrected chi connectivity index (χ2v) is 5.14. The highest BCUT2D eigenvalue weighted by Gasteiger charge is 2.28. The molecule has 94 valence electrons. The van der Waals surface area contributed by atoms with E-state index in [0.29, 0.717) is 0 Å². The number of benzene rings is 1. The van der Waals surface area contributed by atoms with Gasteiger partial charge >= 0.3 is 0 Å². The zero-order valence-electron chi connectivity index (χ0n) is 10.5. The summed E-state index contributed by atoms with van der Waals surface area (Å²) in [6.07, 6.45) is 3.33. The highest BCUT2D eigenvalue weighted by Crippen LogP contribution is 2.17. The van der Waals surface area contributed by atoms with Gasteiger partial charge in [-0.25, -0.2) is 0 Å². The van der Waals surface area contributed by atoms with E-state index in [9.17, 15) is 0 Å². The fourth-order valence-electron chi connectivity index (χ4n) is 2.24. The molecule has 0 aromatic heterocycles. The second-order valence-electron chi connectivity index (χ2n) is 5.14. The summed E-state index contributed by atoms with van der Waals surface area (Å²) in [5.41, 5.74) is 8.11. The van der Waals surface area contributed by atoms with Gasteiger partial charge in [0, 0.05) is 17.8 Å². The molecule has 0 saturated carbocycles. The molecule has 0 aliphatic carbocycles. The quantitative estimate of drug-likeness (QED) is 0.605. The number of aryl methyl sites for hydroxylation is 1. The Kier molecular flexibility index (Phi) is 4.02. The average Bonchev–Trinajstić information content (AvgIpc) is 2.72. The molecule has 3 nitrogen and oxygen atoms in total. The molecule has 3 heteroatoms. The second kappa shape index (κ2) is 5.52. The number of anilines is 1. The Morgan fingerprint density at radius 2 is 2.35 bits per heavy atom. The van der Waals surface area contributed by atoms with Crippen LogP contribution in [0.1, 0.15) is 25.3 Å². The predicted octanol–water partition coefficient (Wildman–Crippen LogP) is 1.97. The first-order valence-corrected chi connectivity index (χ1v) is 6.35. The van der Waals surface area contributed by atoms with Crippen molar-refractivity contribution in [1.29, 1.82) is 0 Å². The van der Waals surface area contributed by atoms with Crippen LogP contribution in [0, 0.1) is 0 Å². The van der Waals surface area contributed by atoms with Crippen LogP contribution in [0.5, 0.6) is 0 Å². The lowest BCUT2D eigenvalue weighted by atomic mass is 10.0. The molecular weight excluding hydrogens is 212 g/mol. The maximum absolute atomic E-state index is 5.75. The fraction of sp³-hybridized carbons (Fsp3) is 0.571. The topological polar surface area (TPSA) is 47.3 Å². The summed E-state index contributed by atoms with van der Waals surface area (Å²) in [6.45, 7) is 5.00. The Morgan fingerprint density at radius 1 is 1.47 bits per heavy atom. The lowest BCUT2D eigenvalue weighted by molar-refractivity contribution is 0.171. The lowest BCUT2D eigenvalue weighted by Crippen LogP contribution is -2.43. The molecule has 1 aliphatic rings. The maximum Gasteiger partial charge on any atom is 0.0646 e. The molecule has 1 aliphatic heterocycles. The van der Waals surface area contributed by atoms with Crippen LogP contribution < -0.4 is 11.1 Å². The summed E-state index contributed by atoms with van der Waals surface area (Å²) in [6, 6.07) is 8.14. The first kappa shape index (κ1) is 12.4. The monoisotopic (exact) mass is 234 g/mol. The van der Waals surface area contributed by atoms with Crippen molar-refractivity contribution in [1.82, 2.24) is 5.32 Å². The van der Waals surface area contributed by atoms with Crippen molar-refractivity contribution in [2.45, 2.75) is 31.7 Å². The van der Waals surface area contributed by atoms with Crippen LogP contribution in [0.3, 0.4) is 0 Å². The number of nitrogen functional groups attached to an aromatic ring is 1. The van der Waals surface area contributed by atoms with E-state index in [1.807, 2.05) is 12.1 Å². The molecular formula is C14H22N2O. The van der Waals surface area contributed by atoms with Crippen LogP contribution in [-0.4, -0.2) is 25.3 Å². The van der Waals surface area contributed by atoms with Gasteiger partial charge in [-0.15, -0.1) is 0 Å². The van der Waals surface area contributed by atoms with Gasteiger partial charge in [0.1, 0.15) is 0 Å². The molecule has 1 unspecified atom stereocenters. The van der Waals surface area contributed by atoms with Gasteiger partial charge in [-0.05, 0) is 50.4 Å². The van der Waals surface area contributed by atoms with Crippen LogP contribution in [0.25, 0.3) is 0 Å². The van der Waals surface area contributed by atoms with Gasteiger partial charge in [0.25, 0.3) is 0 Å². The van der Waals surface area contributed by atoms with Crippen LogP contribution in [0.2, 0.25) is 0 Å². The first-order chi connectivity index (χ1) is 8.18. The zero-order chi connectivity index (χ0) is 12.1. The van der Waals surface area contributed by atoms with Gasteiger partial charge < -0.3 is 15.8 Å². The van der Waals surface area contributed by atoms with Crippen molar-refractivity contribution in [3.63, 3.8) is 0 Å². The minimum atomic E-state index is 0.190. The molecule has 0 bridgehead atoms. The van der Waals surface area contributed by atoms with Crippen molar-refractivity contribution in [2.24, 2.45) is 0 Å². The Labute approximate surface area is 103 Å². The standard InChI is InChI=1S/C14H22N2O/c1-14(7-9-17-11-14)16-8-3-5-12-4-2-6-13(15)10-12/h2,4,6,10,16H,3,5,7-9,11,15H2,1H3. The molecule has 2 rings (SSSR count). The van der Waals surface area contributed by atoms with Crippen molar-refractivity contribution in [3.05, 3.63) is 29.8 Å². The molecule has 1 fully saturated rings. The van der Waals surface area contributed by atoms with E-state index in [2.05, 4.69) is 24.4 Å². The summed E-state index contributed by atoms with van der Waals surface area (Å²) in [5.74, 6) is 0. The van der Waals surface area contributed by atoms with E-state index in [0.717, 1.165) is 44.7 Å². The summed E-state index contributed by atoms with van der Waals surface area (Å²) in [5, 5.41) is 3.59. The van der Waals surface area contributed by atoms with E-state index in [1.54, 1.807) is 0 Å². The van der Waals surface area contributed by atoms with Gasteiger partial charge in [-0.3, -0.25) is 0 Å². The third kappa shape index (κ3) is 3.72. The van der Waals surface area contributed by atoms with Crippen LogP contribution in [0.4, 0.5) is 5.69 Å². The Bertz CT molecular complexity index is 359. The van der Waals surface area contributed by atoms with E-state index < -0.39 is 0 Å². The van der Waals surface area contributed by atoms with Gasteiger partial charge in [0.05, 0.1) is 6.61 Å². The number of rotatable bonds is 5. The Morgan fingerprint density at radius 3 is 3.06 bits per heavy atom. The van der Waals surface area contributed by atoms with Gasteiger partial charge in [0.2, 0.25) is 0 Å². The Balaban J connectivity index is 1.69. The minimum absolute atomic E-state index is 0.190. The van der Waals surface area contributed by atoms with Crippen molar-refractivity contribution >= 4 is 5.69 Å². The largest absolute Gasteiger partial charge is 0.399 e. The smallest absolute Gasteiger partial charge is 0.0646 e. The van der Waals surface area contributed by atoms with Gasteiger partial charge in [0.15, 0.2) is 0 Å². The lowest BCUT2D eigenvalue weighted by Gasteiger charge is -2.23. The molecule has 0 radical (unpaired) electrons. The van der Waals surface area contributed by atoms with E-state index in [1.165, 1.54) is 5.56 Å². The molecule has 1 saturated heterocycles. The number of hydrogen-bond donors (Lipinski definition) is 2. The molecule has 1 heterocycles. The zero-order valence-corrected chi connectivity index (χ0v) is 10.5. The summed E-state index contributed by atoms with van der Waals surface area (Å²) in [7, 11) is 0. The summed E-state index contributed by atoms with van der Waals surface area (Å²) >= 11 is 0. The highest BCUT2D eigenvalue weighted by molar-refractivity contribution is 5.40. The molecule has 17 heavy (non-hydrogen) atoms. The highest BCUT2D eigenvalue weighted by atomic mass is 16.5. The summed E-state index contributed by atoms with van der Waals surface area (Å²) < 4.78 is 5.41. The predicted molar refractivity (Wildman–Crippen MR) is 71.0 cm³/mol. The molecule has 0 amide bonds. The molecule has 3 N–H and O–H groups in total. The molecule has 1 atom stereocenters. The van der Waals surface area contributed by atoms with E-state index in [-0.39, 0.29) is 5.54 Å². The van der Waals surface area contributed by atoms with Gasteiger partial charge in [-0.1, -0.05) is 12.1 Å². The molecule has 1 aromatic carbocycles. The Hall–Kier alpha value is -1.06. The molecule has 0 spiro atoms. The number of ether oxygens (including phenoxy) is 1. The number of hydrogen-bond acceptors (Lipinski definition) is 3. The third-order valence-electron chi connectivity index (χ3n) is 3.36. The maximum atomic E-state index is 5.75. The average molecular weight is 234 g/mol. The third-order valence-corrected chi connectivity index (χ3v) is 3.36. The van der Waals surface area contributed by atoms with Crippen molar-refractivity contribution < 1.29 is 4.74 Å². The van der Waals surface area contributed by atoms with Crippen LogP contribution in [-0.2, 0) is 11.2 Å². The van der Waals surface area contributed by atoms with Crippen molar-refractivity contribution in [3.8, 4) is 0 Å². The first-order valence-electron chi connectivity index (χ1n) is 6.35. The van der Waals surface area contributed by atoms with Crippen LogP contribution in [0.15, 0.2) is 24.3 Å². The van der Waals surface area contributed by atoms with E-state index in [4.69, 9.17) is 10.5 Å². The summed E-state index contributed by atoms with van der Waals surface area (Å²) in [4.78, 5) is 0. The van der Waals surface area contributed by atoms with Crippen molar-refractivity contribution in [2.75, 3.05) is 25.5 Å². The van der Waals surface area contributed by atoms with Gasteiger partial charge in [-0.2, -0.15) is 0 Å². The van der Waals surface area contributed by atoms with Crippen LogP contribution >= 0.6 is 0 Å². The fourth-order valence-corrected chi connectivity index (χ4v) is 2.24. The minimum Gasteiger partial charge on any atom is -0.399 e. The molecule has 1 aromatic rings. The van der Waals surface area contributed by atoms with E-state index >= 15 is 0 Å². The number of nitrogens with one attached hydrogen (secondary N) is 1. The number of nitrogens with two attached hydrogens (primary N) is 1. The SMILES string of the molecule is CC1(NCCCc2cccc(N)c2)CCOC1.